The summed E-state index contributed by atoms with van der Waals surface area (Å²) in [6.07, 6.45) is -2.68. The second-order valence-corrected chi connectivity index (χ2v) is 6.35. The fraction of sp³-hybridized carbons (Fsp3) is 0.533. The van der Waals surface area contributed by atoms with Crippen molar-refractivity contribution in [1.29, 1.82) is 0 Å². The van der Waals surface area contributed by atoms with Crippen molar-refractivity contribution < 1.29 is 22.7 Å². The first-order chi connectivity index (χ1) is 9.69. The van der Waals surface area contributed by atoms with Crippen LogP contribution in [0.4, 0.5) is 13.2 Å². The third kappa shape index (κ3) is 2.91. The Bertz CT molecular complexity index is 569. The number of Topliss-reactive ketones (excluding diaryl/α,β-unsaturated/α-hetero) is 1. The topological polar surface area (TPSA) is 26.3 Å². The number of benzene rings is 1. The minimum absolute atomic E-state index is 0.0737. The smallest absolute Gasteiger partial charge is 0.398 e. The van der Waals surface area contributed by atoms with E-state index in [4.69, 9.17) is 4.74 Å². The van der Waals surface area contributed by atoms with Gasteiger partial charge in [0.25, 0.3) is 0 Å². The number of hydrogen-bond donors (Lipinski definition) is 0. The lowest BCUT2D eigenvalue weighted by molar-refractivity contribution is -0.189. The maximum Gasteiger partial charge on any atom is 0.398 e. The van der Waals surface area contributed by atoms with Crippen molar-refractivity contribution in [2.45, 2.75) is 43.2 Å². The molecule has 0 fully saturated rings. The highest BCUT2D eigenvalue weighted by atomic mass is 32.2. The van der Waals surface area contributed by atoms with E-state index in [0.717, 1.165) is 17.4 Å². The molecule has 0 amide bonds. The van der Waals surface area contributed by atoms with Crippen molar-refractivity contribution in [3.05, 3.63) is 23.3 Å². The van der Waals surface area contributed by atoms with E-state index < -0.39 is 23.8 Å². The second-order valence-electron chi connectivity index (χ2n) is 5.47. The van der Waals surface area contributed by atoms with Crippen LogP contribution in [0.1, 0.15) is 31.4 Å². The maximum atomic E-state index is 13.6. The molecule has 0 aromatic heterocycles. The van der Waals surface area contributed by atoms with Crippen molar-refractivity contribution in [2.24, 2.45) is 0 Å². The fourth-order valence-electron chi connectivity index (χ4n) is 2.65. The lowest BCUT2D eigenvalue weighted by Gasteiger charge is -2.33. The summed E-state index contributed by atoms with van der Waals surface area (Å²) >= 11 is 1.39. The molecule has 0 saturated heterocycles. The Kier molecular flexibility index (Phi) is 4.29. The molecule has 1 heterocycles. The molecule has 1 aromatic carbocycles. The molecule has 1 atom stereocenters. The van der Waals surface area contributed by atoms with Gasteiger partial charge in [0.05, 0.1) is 12.0 Å². The zero-order valence-corrected chi connectivity index (χ0v) is 13.0. The van der Waals surface area contributed by atoms with Gasteiger partial charge >= 0.3 is 6.18 Å². The first-order valence-electron chi connectivity index (χ1n) is 6.59. The monoisotopic (exact) mass is 318 g/mol. The molecule has 0 aliphatic carbocycles. The van der Waals surface area contributed by atoms with Crippen LogP contribution in [0.15, 0.2) is 17.0 Å². The zero-order valence-electron chi connectivity index (χ0n) is 12.1. The molecule has 6 heteroatoms. The number of carbonyl (C=O) groups excluding carboxylic acids is 1. The highest BCUT2D eigenvalue weighted by Crippen LogP contribution is 2.49. The van der Waals surface area contributed by atoms with Crippen LogP contribution in [-0.2, 0) is 16.6 Å². The van der Waals surface area contributed by atoms with Crippen molar-refractivity contribution in [2.75, 3.05) is 12.9 Å². The molecule has 1 unspecified atom stereocenters. The molecule has 0 bridgehead atoms. The van der Waals surface area contributed by atoms with E-state index in [-0.39, 0.29) is 5.56 Å². The molecule has 2 rings (SSSR count). The molecular formula is C15H17F3O2S. The van der Waals surface area contributed by atoms with Crippen molar-refractivity contribution >= 4 is 17.5 Å². The van der Waals surface area contributed by atoms with Crippen LogP contribution in [0.5, 0.6) is 5.75 Å². The maximum absolute atomic E-state index is 13.6. The van der Waals surface area contributed by atoms with Crippen LogP contribution in [0.2, 0.25) is 0 Å². The van der Waals surface area contributed by atoms with Crippen molar-refractivity contribution in [1.82, 2.24) is 0 Å². The Balaban J connectivity index is 2.65. The summed E-state index contributed by atoms with van der Waals surface area (Å²) in [5.41, 5.74) is -1.36. The summed E-state index contributed by atoms with van der Waals surface area (Å²) in [7, 11) is 0. The molecule has 1 aliphatic heterocycles. The number of halogens is 3. The van der Waals surface area contributed by atoms with E-state index in [9.17, 15) is 18.0 Å². The quantitative estimate of drug-likeness (QED) is 0.780. The number of rotatable bonds is 4. The van der Waals surface area contributed by atoms with Gasteiger partial charge in [0.2, 0.25) is 0 Å². The second kappa shape index (κ2) is 5.55. The summed E-state index contributed by atoms with van der Waals surface area (Å²) in [4.78, 5) is 12.1. The van der Waals surface area contributed by atoms with Crippen molar-refractivity contribution in [3.63, 3.8) is 0 Å². The van der Waals surface area contributed by atoms with Gasteiger partial charge < -0.3 is 4.74 Å². The number of ketones is 1. The lowest BCUT2D eigenvalue weighted by atomic mass is 9.76. The number of ether oxygens (including phenoxy) is 1. The van der Waals surface area contributed by atoms with Crippen LogP contribution in [0.25, 0.3) is 0 Å². The van der Waals surface area contributed by atoms with E-state index >= 15 is 0 Å². The van der Waals surface area contributed by atoms with Gasteiger partial charge in [0.1, 0.15) is 11.5 Å². The molecular weight excluding hydrogens is 301 g/mol. The lowest BCUT2D eigenvalue weighted by Crippen LogP contribution is -2.41. The molecule has 1 aliphatic rings. The summed E-state index contributed by atoms with van der Waals surface area (Å²) in [6, 6.07) is 3.37. The van der Waals surface area contributed by atoms with Gasteiger partial charge in [0, 0.05) is 23.3 Å². The highest BCUT2D eigenvalue weighted by molar-refractivity contribution is 7.98. The number of hydrogen-bond acceptors (Lipinski definition) is 3. The van der Waals surface area contributed by atoms with Crippen LogP contribution < -0.4 is 4.74 Å². The Morgan fingerprint density at radius 1 is 1.38 bits per heavy atom. The first-order valence-corrected chi connectivity index (χ1v) is 7.82. The molecule has 1 aromatic rings. The molecule has 2 nitrogen and oxygen atoms in total. The van der Waals surface area contributed by atoms with Gasteiger partial charge in [-0.05, 0) is 37.8 Å². The first kappa shape index (κ1) is 16.2. The van der Waals surface area contributed by atoms with Gasteiger partial charge in [-0.15, -0.1) is 11.8 Å². The Morgan fingerprint density at radius 3 is 2.57 bits per heavy atom. The van der Waals surface area contributed by atoms with Gasteiger partial charge in [-0.3, -0.25) is 4.79 Å². The predicted molar refractivity (Wildman–Crippen MR) is 76.1 cm³/mol. The zero-order chi connectivity index (χ0) is 15.8. The van der Waals surface area contributed by atoms with Gasteiger partial charge in [-0.1, -0.05) is 0 Å². The third-order valence-corrected chi connectivity index (χ3v) is 4.52. The SMILES string of the molecule is CSc1cc2c(c(C(C)(CC(C)=O)C(F)(F)F)c1)OCC2. The minimum Gasteiger partial charge on any atom is -0.493 e. The van der Waals surface area contributed by atoms with E-state index in [0.29, 0.717) is 18.8 Å². The van der Waals surface area contributed by atoms with Crippen LogP contribution >= 0.6 is 11.8 Å². The van der Waals surface area contributed by atoms with Crippen LogP contribution in [-0.4, -0.2) is 24.8 Å². The van der Waals surface area contributed by atoms with E-state index in [1.54, 1.807) is 0 Å². The predicted octanol–water partition coefficient (Wildman–Crippen LogP) is 4.14. The average Bonchev–Trinajstić information content (AvgIpc) is 2.82. The Hall–Kier alpha value is -1.17. The van der Waals surface area contributed by atoms with E-state index in [2.05, 4.69) is 0 Å². The summed E-state index contributed by atoms with van der Waals surface area (Å²) in [5, 5.41) is 0. The van der Waals surface area contributed by atoms with E-state index in [1.807, 2.05) is 12.3 Å². The summed E-state index contributed by atoms with van der Waals surface area (Å²) in [6.45, 7) is 2.65. The molecule has 116 valence electrons. The van der Waals surface area contributed by atoms with Gasteiger partial charge in [-0.25, -0.2) is 0 Å². The summed E-state index contributed by atoms with van der Waals surface area (Å²) < 4.78 is 46.4. The van der Waals surface area contributed by atoms with Gasteiger partial charge in [0.15, 0.2) is 0 Å². The normalized spacial score (nSPS) is 17.0. The van der Waals surface area contributed by atoms with Crippen LogP contribution in [0.3, 0.4) is 0 Å². The average molecular weight is 318 g/mol. The minimum atomic E-state index is -4.52. The molecule has 0 spiro atoms. The molecule has 0 N–H and O–H groups in total. The summed E-state index contributed by atoms with van der Waals surface area (Å²) in [5.74, 6) is -0.190. The van der Waals surface area contributed by atoms with Crippen molar-refractivity contribution in [3.8, 4) is 5.75 Å². The third-order valence-electron chi connectivity index (χ3n) is 3.82. The fourth-order valence-corrected chi connectivity index (χ4v) is 3.15. The van der Waals surface area contributed by atoms with Gasteiger partial charge in [-0.2, -0.15) is 13.2 Å². The molecule has 0 saturated carbocycles. The number of carbonyl (C=O) groups is 1. The Morgan fingerprint density at radius 2 is 2.05 bits per heavy atom. The highest BCUT2D eigenvalue weighted by Gasteiger charge is 2.54. The Labute approximate surface area is 126 Å². The largest absolute Gasteiger partial charge is 0.493 e. The number of fused-ring (bicyclic) bond motifs is 1. The molecule has 0 radical (unpaired) electrons. The standard InChI is InChI=1S/C15H17F3O2S/c1-9(19)8-14(2,15(16,17)18)12-7-11(21-3)6-10-4-5-20-13(10)12/h6-7H,4-5,8H2,1-3H3. The van der Waals surface area contributed by atoms with Crippen LogP contribution in [0, 0.1) is 0 Å². The molecule has 21 heavy (non-hydrogen) atoms. The number of alkyl halides is 3. The number of thioether (sulfide) groups is 1. The van der Waals surface area contributed by atoms with E-state index in [1.165, 1.54) is 24.8 Å².